The summed E-state index contributed by atoms with van der Waals surface area (Å²) in [4.78, 5) is 25.9. The number of amides is 1. The van der Waals surface area contributed by atoms with Crippen molar-refractivity contribution in [1.29, 1.82) is 0 Å². The van der Waals surface area contributed by atoms with E-state index in [9.17, 15) is 14.7 Å². The first-order valence-corrected chi connectivity index (χ1v) is 7.79. The number of nitrogens with zero attached hydrogens (tertiary/aromatic N) is 1. The second-order valence-electron chi connectivity index (χ2n) is 6.22. The molecule has 6 heteroatoms. The summed E-state index contributed by atoms with van der Waals surface area (Å²) in [6.07, 6.45) is 2.14. The van der Waals surface area contributed by atoms with Gasteiger partial charge in [0, 0.05) is 19.2 Å². The van der Waals surface area contributed by atoms with Crippen molar-refractivity contribution >= 4 is 11.9 Å². The molecule has 0 bridgehead atoms. The van der Waals surface area contributed by atoms with Gasteiger partial charge in [-0.1, -0.05) is 0 Å². The summed E-state index contributed by atoms with van der Waals surface area (Å²) in [5, 5.41) is 9.42. The van der Waals surface area contributed by atoms with Crippen LogP contribution >= 0.6 is 0 Å². The number of hydrogen-bond donors (Lipinski definition) is 1. The smallest absolute Gasteiger partial charge is 0.308 e. The molecule has 1 saturated heterocycles. The van der Waals surface area contributed by atoms with Crippen LogP contribution in [0.5, 0.6) is 11.5 Å². The van der Waals surface area contributed by atoms with Gasteiger partial charge in [-0.25, -0.2) is 0 Å². The molecule has 1 N–H and O–H groups in total. The number of carboxylic acids is 1. The number of benzene rings is 1. The molecule has 2 atom stereocenters. The lowest BCUT2D eigenvalue weighted by Gasteiger charge is -2.18. The van der Waals surface area contributed by atoms with Gasteiger partial charge >= 0.3 is 5.97 Å². The molecule has 2 aliphatic rings. The van der Waals surface area contributed by atoms with Crippen LogP contribution in [-0.2, 0) is 4.79 Å². The first-order chi connectivity index (χ1) is 11.0. The summed E-state index contributed by atoms with van der Waals surface area (Å²) in [6, 6.07) is 5.04. The highest BCUT2D eigenvalue weighted by molar-refractivity contribution is 5.97. The van der Waals surface area contributed by atoms with Crippen molar-refractivity contribution in [2.75, 3.05) is 27.3 Å². The molecule has 1 aliphatic carbocycles. The van der Waals surface area contributed by atoms with E-state index in [1.807, 2.05) is 0 Å². The summed E-state index contributed by atoms with van der Waals surface area (Å²) in [7, 11) is 3.05. The maximum atomic E-state index is 12.8. The first kappa shape index (κ1) is 15.6. The number of methoxy groups -OCH3 is 2. The molecule has 1 saturated carbocycles. The van der Waals surface area contributed by atoms with Gasteiger partial charge in [-0.3, -0.25) is 9.59 Å². The Balaban J connectivity index is 1.82. The summed E-state index contributed by atoms with van der Waals surface area (Å²) in [5.41, 5.74) is 0.439. The third-order valence-corrected chi connectivity index (χ3v) is 4.84. The van der Waals surface area contributed by atoms with E-state index in [1.165, 1.54) is 7.11 Å². The summed E-state index contributed by atoms with van der Waals surface area (Å²) in [5.74, 6) is 0.121. The normalized spacial score (nSPS) is 23.7. The lowest BCUT2D eigenvalue weighted by molar-refractivity contribution is -0.142. The lowest BCUT2D eigenvalue weighted by atomic mass is 9.92. The predicted molar refractivity (Wildman–Crippen MR) is 82.8 cm³/mol. The third-order valence-electron chi connectivity index (χ3n) is 4.84. The van der Waals surface area contributed by atoms with Crippen LogP contribution in [0, 0.1) is 17.8 Å². The molecule has 3 rings (SSSR count). The van der Waals surface area contributed by atoms with Crippen molar-refractivity contribution < 1.29 is 24.2 Å². The number of carbonyl (C=O) groups excluding carboxylic acids is 1. The van der Waals surface area contributed by atoms with Crippen molar-refractivity contribution in [3.8, 4) is 11.5 Å². The van der Waals surface area contributed by atoms with Gasteiger partial charge in [-0.2, -0.15) is 0 Å². The van der Waals surface area contributed by atoms with Crippen LogP contribution in [0.1, 0.15) is 23.2 Å². The van der Waals surface area contributed by atoms with E-state index in [1.54, 1.807) is 30.2 Å². The van der Waals surface area contributed by atoms with Crippen LogP contribution in [-0.4, -0.2) is 49.2 Å². The molecular weight excluding hydrogens is 298 g/mol. The molecule has 1 aromatic rings. The Bertz CT molecular complexity index is 625. The number of carboxylic acid groups (broad SMARTS) is 1. The van der Waals surface area contributed by atoms with Gasteiger partial charge in [-0.15, -0.1) is 0 Å². The number of aliphatic carboxylic acids is 1. The van der Waals surface area contributed by atoms with Gasteiger partial charge in [0.05, 0.1) is 25.7 Å². The number of carbonyl (C=O) groups is 2. The Labute approximate surface area is 135 Å². The molecule has 1 amide bonds. The summed E-state index contributed by atoms with van der Waals surface area (Å²) in [6.45, 7) is 0.778. The highest BCUT2D eigenvalue weighted by Gasteiger charge is 2.47. The fraction of sp³-hybridized carbons (Fsp3) is 0.529. The molecule has 1 aromatic carbocycles. The number of rotatable bonds is 5. The molecule has 124 valence electrons. The van der Waals surface area contributed by atoms with Gasteiger partial charge in [0.1, 0.15) is 11.5 Å². The Hall–Kier alpha value is -2.24. The lowest BCUT2D eigenvalue weighted by Crippen LogP contribution is -2.30. The molecule has 2 fully saturated rings. The van der Waals surface area contributed by atoms with E-state index >= 15 is 0 Å². The topological polar surface area (TPSA) is 76.1 Å². The monoisotopic (exact) mass is 319 g/mol. The Morgan fingerprint density at radius 1 is 1.17 bits per heavy atom. The number of ether oxygens (including phenoxy) is 2. The predicted octanol–water partition coefficient (Wildman–Crippen LogP) is 1.89. The zero-order valence-corrected chi connectivity index (χ0v) is 13.3. The average molecular weight is 319 g/mol. The molecule has 0 spiro atoms. The van der Waals surface area contributed by atoms with Gasteiger partial charge in [0.2, 0.25) is 0 Å². The van der Waals surface area contributed by atoms with E-state index < -0.39 is 11.9 Å². The van der Waals surface area contributed by atoms with Crippen LogP contribution in [0.15, 0.2) is 18.2 Å². The van der Waals surface area contributed by atoms with Crippen LogP contribution in [0.25, 0.3) is 0 Å². The summed E-state index contributed by atoms with van der Waals surface area (Å²) >= 11 is 0. The average Bonchev–Trinajstić information content (AvgIpc) is 3.31. The number of likely N-dealkylation sites (tertiary alicyclic amines) is 1. The van der Waals surface area contributed by atoms with Crippen molar-refractivity contribution in [3.05, 3.63) is 23.8 Å². The van der Waals surface area contributed by atoms with Crippen LogP contribution < -0.4 is 9.47 Å². The SMILES string of the molecule is COc1ccc(C(=O)N2C[C@H](C(=O)O)[C@@H](C3CC3)C2)c(OC)c1. The van der Waals surface area contributed by atoms with E-state index in [0.717, 1.165) is 12.8 Å². The highest BCUT2D eigenvalue weighted by Crippen LogP contribution is 2.44. The Kier molecular flexibility index (Phi) is 4.15. The van der Waals surface area contributed by atoms with E-state index in [0.29, 0.717) is 29.5 Å². The first-order valence-electron chi connectivity index (χ1n) is 7.79. The summed E-state index contributed by atoms with van der Waals surface area (Å²) < 4.78 is 10.4. The third kappa shape index (κ3) is 2.98. The van der Waals surface area contributed by atoms with E-state index in [4.69, 9.17) is 9.47 Å². The Morgan fingerprint density at radius 2 is 1.91 bits per heavy atom. The minimum atomic E-state index is -0.807. The van der Waals surface area contributed by atoms with E-state index in [-0.39, 0.29) is 18.4 Å². The molecular formula is C17H21NO5. The zero-order chi connectivity index (χ0) is 16.6. The maximum Gasteiger partial charge on any atom is 0.308 e. The van der Waals surface area contributed by atoms with Crippen molar-refractivity contribution in [2.45, 2.75) is 12.8 Å². The minimum Gasteiger partial charge on any atom is -0.497 e. The van der Waals surface area contributed by atoms with Crippen LogP contribution in [0.4, 0.5) is 0 Å². The van der Waals surface area contributed by atoms with Crippen molar-refractivity contribution in [3.63, 3.8) is 0 Å². The van der Waals surface area contributed by atoms with Gasteiger partial charge in [0.15, 0.2) is 0 Å². The standard InChI is InChI=1S/C17H21NO5/c1-22-11-5-6-12(15(7-11)23-2)16(19)18-8-13(10-3-4-10)14(9-18)17(20)21/h5-7,10,13-14H,3-4,8-9H2,1-2H3,(H,20,21)/t13-,14+/m1/s1. The second kappa shape index (κ2) is 6.10. The van der Waals surface area contributed by atoms with Gasteiger partial charge in [-0.05, 0) is 36.8 Å². The molecule has 0 aromatic heterocycles. The molecule has 1 aliphatic heterocycles. The fourth-order valence-corrected chi connectivity index (χ4v) is 3.40. The zero-order valence-electron chi connectivity index (χ0n) is 13.3. The van der Waals surface area contributed by atoms with Crippen molar-refractivity contribution in [2.24, 2.45) is 17.8 Å². The Morgan fingerprint density at radius 3 is 2.48 bits per heavy atom. The molecule has 6 nitrogen and oxygen atoms in total. The van der Waals surface area contributed by atoms with E-state index in [2.05, 4.69) is 0 Å². The fourth-order valence-electron chi connectivity index (χ4n) is 3.40. The maximum absolute atomic E-state index is 12.8. The largest absolute Gasteiger partial charge is 0.497 e. The molecule has 23 heavy (non-hydrogen) atoms. The van der Waals surface area contributed by atoms with Gasteiger partial charge in [0.25, 0.3) is 5.91 Å². The van der Waals surface area contributed by atoms with Crippen LogP contribution in [0.2, 0.25) is 0 Å². The molecule has 0 radical (unpaired) electrons. The highest BCUT2D eigenvalue weighted by atomic mass is 16.5. The molecule has 1 heterocycles. The van der Waals surface area contributed by atoms with Crippen molar-refractivity contribution in [1.82, 2.24) is 4.90 Å². The number of hydrogen-bond acceptors (Lipinski definition) is 4. The van der Waals surface area contributed by atoms with Crippen LogP contribution in [0.3, 0.4) is 0 Å². The minimum absolute atomic E-state index is 0.0701. The quantitative estimate of drug-likeness (QED) is 0.897. The molecule has 0 unspecified atom stereocenters. The van der Waals surface area contributed by atoms with Gasteiger partial charge < -0.3 is 19.5 Å². The second-order valence-corrected chi connectivity index (χ2v) is 6.22.